The summed E-state index contributed by atoms with van der Waals surface area (Å²) in [6.45, 7) is 2.31. The van der Waals surface area contributed by atoms with Crippen LogP contribution in [0, 0.1) is 18.3 Å². The van der Waals surface area contributed by atoms with E-state index in [4.69, 9.17) is 11.0 Å². The number of Topliss-reactive ketones (excluding diaryl/α,β-unsaturated/α-hetero) is 1. The lowest BCUT2D eigenvalue weighted by Crippen LogP contribution is -2.31. The Morgan fingerprint density at radius 1 is 1.41 bits per heavy atom. The molecule has 8 heteroatoms. The van der Waals surface area contributed by atoms with Crippen molar-refractivity contribution in [1.82, 2.24) is 5.32 Å². The minimum Gasteiger partial charge on any atom is -0.456 e. The van der Waals surface area contributed by atoms with Crippen LogP contribution in [-0.4, -0.2) is 30.8 Å². The van der Waals surface area contributed by atoms with Gasteiger partial charge in [0.15, 0.2) is 6.61 Å². The van der Waals surface area contributed by atoms with Crippen molar-refractivity contribution in [2.75, 3.05) is 13.2 Å². The van der Waals surface area contributed by atoms with E-state index in [0.717, 1.165) is 4.88 Å². The number of allylic oxidation sites excluding steroid dienone is 1. The van der Waals surface area contributed by atoms with Gasteiger partial charge in [0.2, 0.25) is 5.78 Å². The molecule has 0 saturated carbocycles. The van der Waals surface area contributed by atoms with Gasteiger partial charge in [0.25, 0.3) is 5.91 Å². The fourth-order valence-corrected chi connectivity index (χ4v) is 2.22. The van der Waals surface area contributed by atoms with Gasteiger partial charge in [-0.25, -0.2) is 0 Å². The summed E-state index contributed by atoms with van der Waals surface area (Å²) in [5.74, 6) is -1.85. The Balaban J connectivity index is 2.42. The van der Waals surface area contributed by atoms with Crippen LogP contribution in [0.5, 0.6) is 0 Å². The number of carbonyl (C=O) groups is 3. The van der Waals surface area contributed by atoms with Crippen LogP contribution < -0.4 is 11.1 Å². The van der Waals surface area contributed by atoms with E-state index in [1.165, 1.54) is 18.3 Å². The zero-order valence-electron chi connectivity index (χ0n) is 12.1. The number of carbonyl (C=O) groups excluding carboxylic acids is 3. The number of amides is 1. The number of ether oxygens (including phenoxy) is 1. The Bertz CT molecular complexity index is 666. The quantitative estimate of drug-likeness (QED) is 0.451. The fourth-order valence-electron chi connectivity index (χ4n) is 1.44. The van der Waals surface area contributed by atoms with Crippen molar-refractivity contribution >= 4 is 29.0 Å². The number of hydrogen-bond acceptors (Lipinski definition) is 7. The van der Waals surface area contributed by atoms with Gasteiger partial charge in [-0.3, -0.25) is 14.4 Å². The maximum atomic E-state index is 11.7. The number of nitrogens with zero attached hydrogens (tertiary/aromatic N) is 1. The number of esters is 1. The molecule has 0 unspecified atom stereocenters. The lowest BCUT2D eigenvalue weighted by atomic mass is 10.1. The van der Waals surface area contributed by atoms with E-state index in [9.17, 15) is 14.4 Å². The van der Waals surface area contributed by atoms with Crippen LogP contribution >= 0.6 is 11.3 Å². The van der Waals surface area contributed by atoms with Crippen LogP contribution in [0.15, 0.2) is 23.4 Å². The highest BCUT2D eigenvalue weighted by Crippen LogP contribution is 2.14. The molecule has 22 heavy (non-hydrogen) atoms. The molecule has 0 aliphatic rings. The van der Waals surface area contributed by atoms with Gasteiger partial charge in [-0.05, 0) is 26.0 Å². The Kier molecular flexibility index (Phi) is 6.28. The minimum absolute atomic E-state index is 0.0601. The van der Waals surface area contributed by atoms with E-state index in [-0.39, 0.29) is 17.8 Å². The molecule has 0 saturated heterocycles. The third kappa shape index (κ3) is 5.03. The molecule has 0 bridgehead atoms. The van der Waals surface area contributed by atoms with Gasteiger partial charge in [0.05, 0.1) is 4.88 Å². The van der Waals surface area contributed by atoms with Crippen LogP contribution in [0.4, 0.5) is 0 Å². The van der Waals surface area contributed by atoms with Gasteiger partial charge in [0, 0.05) is 10.6 Å². The third-order valence-corrected chi connectivity index (χ3v) is 3.51. The monoisotopic (exact) mass is 321 g/mol. The van der Waals surface area contributed by atoms with Gasteiger partial charge in [-0.2, -0.15) is 5.26 Å². The van der Waals surface area contributed by atoms with E-state index < -0.39 is 24.3 Å². The number of nitriles is 1. The van der Waals surface area contributed by atoms with Gasteiger partial charge in [-0.15, -0.1) is 11.3 Å². The molecule has 0 radical (unpaired) electrons. The summed E-state index contributed by atoms with van der Waals surface area (Å²) in [6, 6.07) is 5.09. The Hall–Kier alpha value is -2.66. The SMILES string of the molecule is C/C(N)=C(\C#N)C(=O)COC(=O)CNC(=O)c1ccc(C)s1. The lowest BCUT2D eigenvalue weighted by Gasteiger charge is -2.05. The van der Waals surface area contributed by atoms with Crippen molar-refractivity contribution in [2.24, 2.45) is 5.73 Å². The summed E-state index contributed by atoms with van der Waals surface area (Å²) < 4.78 is 4.69. The number of rotatable bonds is 6. The second-order valence-electron chi connectivity index (χ2n) is 4.35. The summed E-state index contributed by atoms with van der Waals surface area (Å²) in [6.07, 6.45) is 0. The zero-order chi connectivity index (χ0) is 16.7. The van der Waals surface area contributed by atoms with Crippen LogP contribution in [0.25, 0.3) is 0 Å². The van der Waals surface area contributed by atoms with Crippen molar-refractivity contribution in [3.8, 4) is 6.07 Å². The van der Waals surface area contributed by atoms with Crippen LogP contribution in [0.3, 0.4) is 0 Å². The highest BCUT2D eigenvalue weighted by molar-refractivity contribution is 7.13. The van der Waals surface area contributed by atoms with Crippen molar-refractivity contribution in [3.63, 3.8) is 0 Å². The van der Waals surface area contributed by atoms with Crippen molar-refractivity contribution < 1.29 is 19.1 Å². The molecular formula is C14H15N3O4S. The third-order valence-electron chi connectivity index (χ3n) is 2.51. The molecule has 1 amide bonds. The molecule has 0 aliphatic heterocycles. The summed E-state index contributed by atoms with van der Waals surface area (Å²) in [5.41, 5.74) is 5.17. The van der Waals surface area contributed by atoms with Gasteiger partial charge < -0.3 is 15.8 Å². The molecule has 0 spiro atoms. The van der Waals surface area contributed by atoms with Crippen LogP contribution in [0.1, 0.15) is 21.5 Å². The standard InChI is InChI=1S/C14H15N3O4S/c1-8-3-4-12(22-8)14(20)17-6-13(19)21-7-11(18)10(5-15)9(2)16/h3-4H,6-7,16H2,1-2H3,(H,17,20)/b10-9-. The molecule has 1 rings (SSSR count). The number of ketones is 1. The first-order valence-electron chi connectivity index (χ1n) is 6.25. The minimum atomic E-state index is -0.776. The first kappa shape index (κ1) is 17.4. The summed E-state index contributed by atoms with van der Waals surface area (Å²) >= 11 is 1.30. The lowest BCUT2D eigenvalue weighted by molar-refractivity contribution is -0.145. The van der Waals surface area contributed by atoms with E-state index in [2.05, 4.69) is 10.1 Å². The van der Waals surface area contributed by atoms with Crippen LogP contribution in [0.2, 0.25) is 0 Å². The first-order chi connectivity index (χ1) is 10.3. The second kappa shape index (κ2) is 7.95. The average molecular weight is 321 g/mol. The molecular weight excluding hydrogens is 306 g/mol. The second-order valence-corrected chi connectivity index (χ2v) is 5.63. The maximum absolute atomic E-state index is 11.7. The van der Waals surface area contributed by atoms with E-state index in [0.29, 0.717) is 4.88 Å². The topological polar surface area (TPSA) is 122 Å². The molecule has 1 heterocycles. The zero-order valence-corrected chi connectivity index (χ0v) is 13.0. The Morgan fingerprint density at radius 3 is 2.59 bits per heavy atom. The Labute approximate surface area is 131 Å². The highest BCUT2D eigenvalue weighted by Gasteiger charge is 2.15. The largest absolute Gasteiger partial charge is 0.456 e. The molecule has 7 nitrogen and oxygen atoms in total. The van der Waals surface area contributed by atoms with Gasteiger partial charge in [-0.1, -0.05) is 0 Å². The Morgan fingerprint density at radius 2 is 2.09 bits per heavy atom. The predicted molar refractivity (Wildman–Crippen MR) is 79.9 cm³/mol. The fraction of sp³-hybridized carbons (Fsp3) is 0.286. The smallest absolute Gasteiger partial charge is 0.325 e. The summed E-state index contributed by atoms with van der Waals surface area (Å²) in [4.78, 5) is 36.2. The molecule has 0 aromatic carbocycles. The van der Waals surface area contributed by atoms with Crippen molar-refractivity contribution in [1.29, 1.82) is 5.26 Å². The number of aryl methyl sites for hydroxylation is 1. The number of thiophene rings is 1. The van der Waals surface area contributed by atoms with Gasteiger partial charge in [0.1, 0.15) is 18.2 Å². The molecule has 1 aromatic rings. The highest BCUT2D eigenvalue weighted by atomic mass is 32.1. The van der Waals surface area contributed by atoms with Crippen molar-refractivity contribution in [3.05, 3.63) is 33.2 Å². The number of nitrogens with two attached hydrogens (primary N) is 1. The molecule has 1 aromatic heterocycles. The van der Waals surface area contributed by atoms with E-state index >= 15 is 0 Å². The molecule has 3 N–H and O–H groups in total. The van der Waals surface area contributed by atoms with Gasteiger partial charge >= 0.3 is 5.97 Å². The molecule has 0 fully saturated rings. The number of nitrogens with one attached hydrogen (secondary N) is 1. The summed E-state index contributed by atoms with van der Waals surface area (Å²) in [5, 5.41) is 11.1. The molecule has 0 aliphatic carbocycles. The molecule has 0 atom stereocenters. The maximum Gasteiger partial charge on any atom is 0.325 e. The predicted octanol–water partition coefficient (Wildman–Crippen LogP) is 0.655. The average Bonchev–Trinajstić information content (AvgIpc) is 2.89. The normalized spacial score (nSPS) is 11.1. The number of hydrogen-bond donors (Lipinski definition) is 2. The van der Waals surface area contributed by atoms with Crippen molar-refractivity contribution in [2.45, 2.75) is 13.8 Å². The molecule has 116 valence electrons. The summed E-state index contributed by atoms with van der Waals surface area (Å²) in [7, 11) is 0. The van der Waals surface area contributed by atoms with E-state index in [1.807, 2.05) is 6.92 Å². The van der Waals surface area contributed by atoms with E-state index in [1.54, 1.807) is 18.2 Å². The first-order valence-corrected chi connectivity index (χ1v) is 7.06. The van der Waals surface area contributed by atoms with Crippen LogP contribution in [-0.2, 0) is 14.3 Å².